The van der Waals surface area contributed by atoms with E-state index in [1.54, 1.807) is 0 Å². The predicted octanol–water partition coefficient (Wildman–Crippen LogP) is 3.26. The van der Waals surface area contributed by atoms with E-state index in [0.29, 0.717) is 0 Å². The Morgan fingerprint density at radius 3 is 2.77 bits per heavy atom. The zero-order valence-corrected chi connectivity index (χ0v) is 8.99. The van der Waals surface area contributed by atoms with Gasteiger partial charge in [0.05, 0.1) is 0 Å². The Kier molecular flexibility index (Phi) is 2.31. The molecule has 0 heterocycles. The minimum absolute atomic E-state index is 0.760. The van der Waals surface area contributed by atoms with Crippen molar-refractivity contribution < 1.29 is 4.79 Å². The fraction of sp³-hybridized carbons (Fsp3) is 0. The molecule has 0 spiro atoms. The monoisotopic (exact) mass is 282 g/mol. The molecule has 0 atom stereocenters. The molecule has 0 saturated carbocycles. The summed E-state index contributed by atoms with van der Waals surface area (Å²) in [5.41, 5.74) is 0.760. The van der Waals surface area contributed by atoms with Gasteiger partial charge in [-0.25, -0.2) is 0 Å². The molecule has 0 N–H and O–H groups in total. The van der Waals surface area contributed by atoms with Crippen molar-refractivity contribution in [1.82, 2.24) is 0 Å². The molecule has 0 fully saturated rings. The Bertz CT molecular complexity index is 463. The number of carbonyl (C=O) groups is 1. The molecule has 0 radical (unpaired) electrons. The van der Waals surface area contributed by atoms with E-state index in [2.05, 4.69) is 22.6 Å². The van der Waals surface area contributed by atoms with Crippen molar-refractivity contribution >= 4 is 39.6 Å². The number of halogens is 1. The van der Waals surface area contributed by atoms with Crippen molar-refractivity contribution in [1.29, 1.82) is 0 Å². The van der Waals surface area contributed by atoms with Crippen LogP contribution < -0.4 is 0 Å². The highest BCUT2D eigenvalue weighted by Gasteiger charge is 1.99. The zero-order chi connectivity index (χ0) is 9.26. The molecule has 2 aromatic rings. The highest BCUT2D eigenvalue weighted by molar-refractivity contribution is 14.1. The van der Waals surface area contributed by atoms with E-state index in [4.69, 9.17) is 0 Å². The smallest absolute Gasteiger partial charge is 0.150 e. The van der Waals surface area contributed by atoms with Crippen LogP contribution in [0.15, 0.2) is 36.4 Å². The highest BCUT2D eigenvalue weighted by Crippen LogP contribution is 2.19. The van der Waals surface area contributed by atoms with Crippen molar-refractivity contribution in [3.63, 3.8) is 0 Å². The minimum atomic E-state index is 0.760. The predicted molar refractivity (Wildman–Crippen MR) is 62.1 cm³/mol. The molecule has 0 unspecified atom stereocenters. The SMILES string of the molecule is O=Cc1cccc2ccc(I)cc12. The van der Waals surface area contributed by atoms with Crippen LogP contribution in [0.4, 0.5) is 0 Å². The molecular formula is C11H7IO. The van der Waals surface area contributed by atoms with Crippen molar-refractivity contribution in [3.05, 3.63) is 45.5 Å². The molecule has 13 heavy (non-hydrogen) atoms. The van der Waals surface area contributed by atoms with E-state index in [-0.39, 0.29) is 0 Å². The maximum Gasteiger partial charge on any atom is 0.150 e. The number of carbonyl (C=O) groups excluding carboxylic acids is 1. The Morgan fingerprint density at radius 2 is 2.00 bits per heavy atom. The largest absolute Gasteiger partial charge is 0.298 e. The first kappa shape index (κ1) is 8.69. The fourth-order valence-electron chi connectivity index (χ4n) is 1.37. The first-order valence-corrected chi connectivity index (χ1v) is 5.02. The Morgan fingerprint density at radius 1 is 1.15 bits per heavy atom. The van der Waals surface area contributed by atoms with Crippen LogP contribution in [0.1, 0.15) is 10.4 Å². The van der Waals surface area contributed by atoms with Crippen molar-refractivity contribution in [2.45, 2.75) is 0 Å². The van der Waals surface area contributed by atoms with E-state index in [0.717, 1.165) is 26.2 Å². The third kappa shape index (κ3) is 1.58. The standard InChI is InChI=1S/C11H7IO/c12-10-5-4-8-2-1-3-9(7-13)11(8)6-10/h1-7H. The summed E-state index contributed by atoms with van der Waals surface area (Å²) in [4.78, 5) is 10.7. The van der Waals surface area contributed by atoms with E-state index >= 15 is 0 Å². The molecule has 1 nitrogen and oxygen atoms in total. The average molecular weight is 282 g/mol. The number of rotatable bonds is 1. The summed E-state index contributed by atoms with van der Waals surface area (Å²) in [6, 6.07) is 11.9. The van der Waals surface area contributed by atoms with Gasteiger partial charge in [-0.3, -0.25) is 4.79 Å². The first-order valence-electron chi connectivity index (χ1n) is 3.95. The summed E-state index contributed by atoms with van der Waals surface area (Å²) < 4.78 is 1.15. The van der Waals surface area contributed by atoms with Crippen LogP contribution in [0.5, 0.6) is 0 Å². The molecule has 2 aromatic carbocycles. The van der Waals surface area contributed by atoms with Gasteiger partial charge in [-0.2, -0.15) is 0 Å². The van der Waals surface area contributed by atoms with Gasteiger partial charge < -0.3 is 0 Å². The molecular weight excluding hydrogens is 275 g/mol. The third-order valence-electron chi connectivity index (χ3n) is 2.00. The Hall–Kier alpha value is -0.900. The number of fused-ring (bicyclic) bond motifs is 1. The van der Waals surface area contributed by atoms with Crippen LogP contribution in [-0.4, -0.2) is 6.29 Å². The number of benzene rings is 2. The molecule has 64 valence electrons. The van der Waals surface area contributed by atoms with Crippen LogP contribution in [0.25, 0.3) is 10.8 Å². The van der Waals surface area contributed by atoms with Crippen molar-refractivity contribution in [3.8, 4) is 0 Å². The summed E-state index contributed by atoms with van der Waals surface area (Å²) in [7, 11) is 0. The van der Waals surface area contributed by atoms with E-state index < -0.39 is 0 Å². The van der Waals surface area contributed by atoms with Gasteiger partial charge in [0.2, 0.25) is 0 Å². The van der Waals surface area contributed by atoms with Gasteiger partial charge in [0.15, 0.2) is 6.29 Å². The second-order valence-corrected chi connectivity index (χ2v) is 4.08. The van der Waals surface area contributed by atoms with E-state index in [1.165, 1.54) is 0 Å². The molecule has 0 aliphatic rings. The topological polar surface area (TPSA) is 17.1 Å². The zero-order valence-electron chi connectivity index (χ0n) is 6.83. The molecule has 0 bridgehead atoms. The molecule has 0 aromatic heterocycles. The molecule has 2 heteroatoms. The van der Waals surface area contributed by atoms with Crippen LogP contribution in [0.3, 0.4) is 0 Å². The second kappa shape index (κ2) is 3.46. The summed E-state index contributed by atoms with van der Waals surface area (Å²) in [5.74, 6) is 0. The van der Waals surface area contributed by atoms with Gasteiger partial charge in [-0.15, -0.1) is 0 Å². The lowest BCUT2D eigenvalue weighted by molar-refractivity contribution is 0.112. The van der Waals surface area contributed by atoms with Gasteiger partial charge in [-0.05, 0) is 45.5 Å². The minimum Gasteiger partial charge on any atom is -0.298 e. The summed E-state index contributed by atoms with van der Waals surface area (Å²) in [6.45, 7) is 0. The lowest BCUT2D eigenvalue weighted by atomic mass is 10.1. The van der Waals surface area contributed by atoms with Crippen molar-refractivity contribution in [2.75, 3.05) is 0 Å². The van der Waals surface area contributed by atoms with E-state index in [1.807, 2.05) is 36.4 Å². The van der Waals surface area contributed by atoms with Gasteiger partial charge in [0.1, 0.15) is 0 Å². The fourth-order valence-corrected chi connectivity index (χ4v) is 1.86. The molecule has 0 aliphatic heterocycles. The molecule has 0 aliphatic carbocycles. The third-order valence-corrected chi connectivity index (χ3v) is 2.68. The number of aldehydes is 1. The van der Waals surface area contributed by atoms with Gasteiger partial charge >= 0.3 is 0 Å². The summed E-state index contributed by atoms with van der Waals surface area (Å²) >= 11 is 2.24. The van der Waals surface area contributed by atoms with E-state index in [9.17, 15) is 4.79 Å². The first-order chi connectivity index (χ1) is 6.31. The van der Waals surface area contributed by atoms with Crippen LogP contribution in [-0.2, 0) is 0 Å². The quantitative estimate of drug-likeness (QED) is 0.579. The van der Waals surface area contributed by atoms with Crippen LogP contribution in [0, 0.1) is 3.57 Å². The highest BCUT2D eigenvalue weighted by atomic mass is 127. The van der Waals surface area contributed by atoms with Crippen LogP contribution >= 0.6 is 22.6 Å². The lowest BCUT2D eigenvalue weighted by Crippen LogP contribution is -1.83. The lowest BCUT2D eigenvalue weighted by Gasteiger charge is -2.00. The summed E-state index contributed by atoms with van der Waals surface area (Å²) in [5, 5.41) is 2.15. The average Bonchev–Trinajstić information content (AvgIpc) is 2.17. The van der Waals surface area contributed by atoms with Gasteiger partial charge in [0.25, 0.3) is 0 Å². The molecule has 0 amide bonds. The van der Waals surface area contributed by atoms with Gasteiger partial charge in [-0.1, -0.05) is 24.3 Å². The number of hydrogen-bond donors (Lipinski definition) is 0. The normalized spacial score (nSPS) is 10.2. The Labute approximate surface area is 89.9 Å². The van der Waals surface area contributed by atoms with Crippen LogP contribution in [0.2, 0.25) is 0 Å². The maximum absolute atomic E-state index is 10.7. The molecule has 2 rings (SSSR count). The molecule has 0 saturated heterocycles. The van der Waals surface area contributed by atoms with Crippen molar-refractivity contribution in [2.24, 2.45) is 0 Å². The summed E-state index contributed by atoms with van der Waals surface area (Å²) in [6.07, 6.45) is 0.901. The number of hydrogen-bond acceptors (Lipinski definition) is 1. The maximum atomic E-state index is 10.7. The second-order valence-electron chi connectivity index (χ2n) is 2.83. The Balaban J connectivity index is 2.86. The van der Waals surface area contributed by atoms with Gasteiger partial charge in [0, 0.05) is 9.13 Å².